The van der Waals surface area contributed by atoms with Crippen LogP contribution in [0.15, 0.2) is 0 Å². The van der Waals surface area contributed by atoms with Crippen LogP contribution in [-0.2, 0) is 0 Å². The fourth-order valence-electron chi connectivity index (χ4n) is 0. The van der Waals surface area contributed by atoms with Gasteiger partial charge in [0, 0.05) is 0 Å². The van der Waals surface area contributed by atoms with Crippen LogP contribution in [-0.4, -0.2) is 11.0 Å². The van der Waals surface area contributed by atoms with E-state index in [1.807, 2.05) is 0 Å². The summed E-state index contributed by atoms with van der Waals surface area (Å²) in [6.07, 6.45) is 0. The Bertz CT molecular complexity index is 6.00. The second-order valence-corrected chi connectivity index (χ2v) is 0. The maximum Gasteiger partial charge on any atom is 1.00 e. The van der Waals surface area contributed by atoms with Gasteiger partial charge in [-0.1, -0.05) is 0 Å². The zero-order chi connectivity index (χ0) is 0. The van der Waals surface area contributed by atoms with Crippen molar-refractivity contribution in [1.82, 2.24) is 6.15 Å². The smallest absolute Gasteiger partial charge is 0.870 e. The van der Waals surface area contributed by atoms with E-state index in [1.165, 1.54) is 0 Å². The Hall–Kier alpha value is 1.69. The molecule has 0 rings (SSSR count). The first kappa shape index (κ1) is 43.9. The largest absolute Gasteiger partial charge is 1.00 e. The van der Waals surface area contributed by atoms with Crippen molar-refractivity contribution in [3.05, 3.63) is 0 Å². The van der Waals surface area contributed by atoms with Crippen LogP contribution in [0.2, 0.25) is 0 Å². The Morgan fingerprint density at radius 1 is 0.750 bits per heavy atom. The quantitative estimate of drug-likeness (QED) is 0.386. The third kappa shape index (κ3) is 9.36. The summed E-state index contributed by atoms with van der Waals surface area (Å²) in [5.74, 6) is 0. The minimum Gasteiger partial charge on any atom is -0.870 e. The van der Waals surface area contributed by atoms with Crippen molar-refractivity contribution in [2.75, 3.05) is 0 Å². The number of rotatable bonds is 0. The topological polar surface area (TPSA) is 96.5 Å². The van der Waals surface area contributed by atoms with E-state index in [2.05, 4.69) is 0 Å². The van der Waals surface area contributed by atoms with E-state index in [1.54, 1.807) is 0 Å². The molecular formula is H6NO2Rb. The van der Waals surface area contributed by atoms with E-state index in [4.69, 9.17) is 0 Å². The second-order valence-electron chi connectivity index (χ2n) is 0. The van der Waals surface area contributed by atoms with Gasteiger partial charge in [0.15, 0.2) is 0 Å². The first-order chi connectivity index (χ1) is 0. The van der Waals surface area contributed by atoms with Gasteiger partial charge in [-0.15, -0.1) is 0 Å². The number of hydrogen-bond donors (Lipinski definition) is 1. The number of quaternary nitrogens is 1. The molecule has 0 saturated heterocycles. The first-order valence-electron chi connectivity index (χ1n) is 0. The van der Waals surface area contributed by atoms with Crippen LogP contribution >= 0.6 is 0 Å². The van der Waals surface area contributed by atoms with E-state index >= 15 is 0 Å². The van der Waals surface area contributed by atoms with Crippen molar-refractivity contribution < 1.29 is 69.1 Å². The van der Waals surface area contributed by atoms with Gasteiger partial charge >= 0.3 is 58.2 Å². The second kappa shape index (κ2) is 22.4. The zero-order valence-corrected chi connectivity index (χ0v) is 7.81. The molecule has 0 aliphatic rings. The average Bonchev–Trinajstić information content (AvgIpc) is 0. The van der Waals surface area contributed by atoms with Gasteiger partial charge < -0.3 is 17.1 Å². The summed E-state index contributed by atoms with van der Waals surface area (Å²) in [6.45, 7) is 0. The van der Waals surface area contributed by atoms with Crippen molar-refractivity contribution in [2.45, 2.75) is 0 Å². The van der Waals surface area contributed by atoms with Crippen LogP contribution in [0.4, 0.5) is 0 Å². The van der Waals surface area contributed by atoms with Crippen molar-refractivity contribution in [3.8, 4) is 0 Å². The monoisotopic (exact) mass is 137 g/mol. The summed E-state index contributed by atoms with van der Waals surface area (Å²) < 4.78 is 0. The minimum absolute atomic E-state index is 0. The molecule has 0 aliphatic carbocycles. The molecule has 0 radical (unpaired) electrons. The molecule has 0 atom stereocenters. The number of hydrogen-bond acceptors (Lipinski definition) is 2. The third-order valence-electron chi connectivity index (χ3n) is 0. The van der Waals surface area contributed by atoms with Gasteiger partial charge in [0.2, 0.25) is 0 Å². The van der Waals surface area contributed by atoms with Gasteiger partial charge in [0.25, 0.3) is 0 Å². The summed E-state index contributed by atoms with van der Waals surface area (Å²) in [5, 5.41) is 0. The van der Waals surface area contributed by atoms with E-state index in [0.29, 0.717) is 0 Å². The van der Waals surface area contributed by atoms with Crippen LogP contribution in [0.1, 0.15) is 0 Å². The summed E-state index contributed by atoms with van der Waals surface area (Å²) in [7, 11) is 0. The van der Waals surface area contributed by atoms with Gasteiger partial charge in [0.05, 0.1) is 0 Å². The van der Waals surface area contributed by atoms with Gasteiger partial charge in [-0.2, -0.15) is 0 Å². The van der Waals surface area contributed by atoms with E-state index in [0.717, 1.165) is 0 Å². The van der Waals surface area contributed by atoms with Crippen LogP contribution in [0.3, 0.4) is 0 Å². The fraction of sp³-hybridized carbons (Fsp3) is 0. The van der Waals surface area contributed by atoms with Gasteiger partial charge in [-0.05, 0) is 0 Å². The Kier molecular flexibility index (Phi) is 246. The molecule has 0 aromatic heterocycles. The van der Waals surface area contributed by atoms with Gasteiger partial charge in [-0.3, -0.25) is 0 Å². The maximum absolute atomic E-state index is 0. The molecular weight excluding hydrogens is 131 g/mol. The van der Waals surface area contributed by atoms with Gasteiger partial charge in [-0.25, -0.2) is 0 Å². The Morgan fingerprint density at radius 2 is 0.750 bits per heavy atom. The van der Waals surface area contributed by atoms with Crippen LogP contribution in [0.5, 0.6) is 0 Å². The standard InChI is InChI=1S/H3N.2H2O.Rb/h1H3;2*1H2;/q;;;+1/p-1. The summed E-state index contributed by atoms with van der Waals surface area (Å²) in [5.41, 5.74) is 0. The predicted octanol–water partition coefficient (Wildman–Crippen LogP) is -2.97. The Balaban J connectivity index is 0. The van der Waals surface area contributed by atoms with E-state index in [-0.39, 0.29) is 75.3 Å². The van der Waals surface area contributed by atoms with Crippen molar-refractivity contribution >= 4 is 0 Å². The third-order valence-corrected chi connectivity index (χ3v) is 0. The SMILES string of the molecule is [NH4+].[OH-].[OH-].[Rb+]. The van der Waals surface area contributed by atoms with Crippen molar-refractivity contribution in [3.63, 3.8) is 0 Å². The summed E-state index contributed by atoms with van der Waals surface area (Å²) in [6, 6.07) is 0. The normalized spacial score (nSPS) is 0. The molecule has 24 valence electrons. The molecule has 0 saturated carbocycles. The molecule has 4 heavy (non-hydrogen) atoms. The molecule has 6 N–H and O–H groups in total. The van der Waals surface area contributed by atoms with Crippen molar-refractivity contribution in [1.29, 1.82) is 0 Å². The molecule has 0 spiro atoms. The molecule has 0 fully saturated rings. The molecule has 3 nitrogen and oxygen atoms in total. The Morgan fingerprint density at radius 3 is 0.750 bits per heavy atom. The summed E-state index contributed by atoms with van der Waals surface area (Å²) >= 11 is 0. The minimum atomic E-state index is 0. The molecule has 0 unspecified atom stereocenters. The van der Waals surface area contributed by atoms with E-state index < -0.39 is 0 Å². The van der Waals surface area contributed by atoms with Gasteiger partial charge in [0.1, 0.15) is 0 Å². The molecule has 0 heterocycles. The average molecular weight is 138 g/mol. The first-order valence-corrected chi connectivity index (χ1v) is 0. The Labute approximate surface area is 73.8 Å². The molecule has 0 aromatic carbocycles. The van der Waals surface area contributed by atoms with E-state index in [9.17, 15) is 0 Å². The predicted molar refractivity (Wildman–Crippen MR) is 9.86 cm³/mol. The van der Waals surface area contributed by atoms with Crippen LogP contribution < -0.4 is 64.3 Å². The molecule has 0 aromatic rings. The molecule has 0 amide bonds. The van der Waals surface area contributed by atoms with Crippen LogP contribution in [0, 0.1) is 0 Å². The molecule has 0 aliphatic heterocycles. The van der Waals surface area contributed by atoms with Crippen molar-refractivity contribution in [2.24, 2.45) is 0 Å². The fourth-order valence-corrected chi connectivity index (χ4v) is 0. The zero-order valence-electron chi connectivity index (χ0n) is 2.89. The maximum atomic E-state index is 0. The van der Waals surface area contributed by atoms with Crippen LogP contribution in [0.25, 0.3) is 0 Å². The molecule has 4 heteroatoms. The molecule has 0 bridgehead atoms. The summed E-state index contributed by atoms with van der Waals surface area (Å²) in [4.78, 5) is 0.